The number of likely N-dealkylation sites (N-methyl/N-ethyl adjacent to an activating group) is 2. The number of hydrogen-bond donors (Lipinski definition) is 1. The lowest BCUT2D eigenvalue weighted by molar-refractivity contribution is 0.105. The molecular formula is C11H23N3. The van der Waals surface area contributed by atoms with Crippen molar-refractivity contribution < 1.29 is 0 Å². The van der Waals surface area contributed by atoms with Crippen molar-refractivity contribution in [1.82, 2.24) is 15.1 Å². The van der Waals surface area contributed by atoms with E-state index < -0.39 is 0 Å². The molecule has 0 aromatic carbocycles. The van der Waals surface area contributed by atoms with Gasteiger partial charge in [-0.3, -0.25) is 4.90 Å². The highest BCUT2D eigenvalue weighted by atomic mass is 15.2. The molecule has 2 aliphatic rings. The quantitative estimate of drug-likeness (QED) is 0.690. The summed E-state index contributed by atoms with van der Waals surface area (Å²) in [6, 6.07) is 1.57. The largest absolute Gasteiger partial charge is 0.315 e. The number of piperidine rings is 1. The van der Waals surface area contributed by atoms with Crippen molar-refractivity contribution in [1.29, 1.82) is 0 Å². The maximum Gasteiger partial charge on any atom is 0.0233 e. The van der Waals surface area contributed by atoms with Crippen molar-refractivity contribution >= 4 is 0 Å². The minimum atomic E-state index is 0.784. The third kappa shape index (κ3) is 2.27. The second-order valence-electron chi connectivity index (χ2n) is 4.87. The van der Waals surface area contributed by atoms with E-state index >= 15 is 0 Å². The van der Waals surface area contributed by atoms with Crippen LogP contribution in [0.3, 0.4) is 0 Å². The van der Waals surface area contributed by atoms with Crippen LogP contribution in [0, 0.1) is 0 Å². The molecule has 1 N–H and O–H groups in total. The maximum atomic E-state index is 3.45. The van der Waals surface area contributed by atoms with Gasteiger partial charge in [0.15, 0.2) is 0 Å². The molecule has 0 amide bonds. The van der Waals surface area contributed by atoms with Gasteiger partial charge in [-0.05, 0) is 46.4 Å². The fraction of sp³-hybridized carbons (Fsp3) is 1.00. The van der Waals surface area contributed by atoms with Gasteiger partial charge in [0, 0.05) is 25.2 Å². The summed E-state index contributed by atoms with van der Waals surface area (Å²) in [4.78, 5) is 5.07. The Kier molecular flexibility index (Phi) is 3.42. The molecule has 0 aliphatic carbocycles. The van der Waals surface area contributed by atoms with Crippen LogP contribution < -0.4 is 5.32 Å². The summed E-state index contributed by atoms with van der Waals surface area (Å²) in [6.07, 6.45) is 4.08. The van der Waals surface area contributed by atoms with Gasteiger partial charge >= 0.3 is 0 Å². The fourth-order valence-electron chi connectivity index (χ4n) is 2.76. The molecule has 0 spiro atoms. The Labute approximate surface area is 87.4 Å². The van der Waals surface area contributed by atoms with Gasteiger partial charge in [-0.15, -0.1) is 0 Å². The third-order valence-electron chi connectivity index (χ3n) is 3.79. The first-order chi connectivity index (χ1) is 6.77. The van der Waals surface area contributed by atoms with E-state index in [1.165, 1.54) is 45.4 Å². The van der Waals surface area contributed by atoms with Gasteiger partial charge in [0.05, 0.1) is 0 Å². The number of nitrogens with one attached hydrogen (secondary N) is 1. The number of nitrogens with zero attached hydrogens (tertiary/aromatic N) is 2. The van der Waals surface area contributed by atoms with E-state index in [2.05, 4.69) is 29.2 Å². The molecule has 2 heterocycles. The normalized spacial score (nSPS) is 35.4. The zero-order chi connectivity index (χ0) is 9.97. The predicted molar refractivity (Wildman–Crippen MR) is 59.6 cm³/mol. The molecule has 0 saturated carbocycles. The summed E-state index contributed by atoms with van der Waals surface area (Å²) in [5.41, 5.74) is 0. The Morgan fingerprint density at radius 1 is 1.29 bits per heavy atom. The smallest absolute Gasteiger partial charge is 0.0233 e. The zero-order valence-corrected chi connectivity index (χ0v) is 9.50. The van der Waals surface area contributed by atoms with Gasteiger partial charge < -0.3 is 10.2 Å². The molecule has 0 bridgehead atoms. The summed E-state index contributed by atoms with van der Waals surface area (Å²) >= 11 is 0. The Morgan fingerprint density at radius 2 is 2.14 bits per heavy atom. The molecule has 0 aromatic heterocycles. The molecule has 0 radical (unpaired) electrons. The highest BCUT2D eigenvalue weighted by Gasteiger charge is 2.27. The average molecular weight is 197 g/mol. The van der Waals surface area contributed by atoms with Crippen LogP contribution in [-0.4, -0.2) is 62.2 Å². The fourth-order valence-corrected chi connectivity index (χ4v) is 2.76. The van der Waals surface area contributed by atoms with Gasteiger partial charge in [0.25, 0.3) is 0 Å². The molecule has 3 heteroatoms. The van der Waals surface area contributed by atoms with Gasteiger partial charge in [-0.25, -0.2) is 0 Å². The highest BCUT2D eigenvalue weighted by Crippen LogP contribution is 2.17. The monoisotopic (exact) mass is 197 g/mol. The first-order valence-electron chi connectivity index (χ1n) is 5.88. The van der Waals surface area contributed by atoms with Crippen LogP contribution in [-0.2, 0) is 0 Å². The van der Waals surface area contributed by atoms with E-state index in [-0.39, 0.29) is 0 Å². The Hall–Kier alpha value is -0.120. The number of likely N-dealkylation sites (tertiary alicyclic amines) is 1. The first-order valence-corrected chi connectivity index (χ1v) is 5.88. The molecular weight excluding hydrogens is 174 g/mol. The van der Waals surface area contributed by atoms with Crippen molar-refractivity contribution in [3.05, 3.63) is 0 Å². The standard InChI is InChI=1S/C11H23N3/c1-13-7-3-4-11(9-13)14(2)10-5-6-12-8-10/h10-12H,3-9H2,1-2H3. The van der Waals surface area contributed by atoms with Crippen molar-refractivity contribution in [2.75, 3.05) is 40.3 Å². The van der Waals surface area contributed by atoms with Gasteiger partial charge in [-0.2, -0.15) is 0 Å². The summed E-state index contributed by atoms with van der Waals surface area (Å²) < 4.78 is 0. The van der Waals surface area contributed by atoms with Crippen molar-refractivity contribution in [2.45, 2.75) is 31.3 Å². The van der Waals surface area contributed by atoms with Crippen LogP contribution in [0.1, 0.15) is 19.3 Å². The Bertz CT molecular complexity index is 177. The van der Waals surface area contributed by atoms with E-state index in [4.69, 9.17) is 0 Å². The van der Waals surface area contributed by atoms with Gasteiger partial charge in [0.1, 0.15) is 0 Å². The molecule has 2 atom stereocenters. The van der Waals surface area contributed by atoms with E-state index in [0.717, 1.165) is 12.1 Å². The van der Waals surface area contributed by atoms with E-state index in [9.17, 15) is 0 Å². The van der Waals surface area contributed by atoms with Crippen LogP contribution in [0.15, 0.2) is 0 Å². The zero-order valence-electron chi connectivity index (χ0n) is 9.50. The van der Waals surface area contributed by atoms with E-state index in [0.29, 0.717) is 0 Å². The SMILES string of the molecule is CN1CCCC(N(C)C2CCNC2)C1. The van der Waals surface area contributed by atoms with E-state index in [1.54, 1.807) is 0 Å². The maximum absolute atomic E-state index is 3.45. The predicted octanol–water partition coefficient (Wildman–Crippen LogP) is 0.374. The molecule has 14 heavy (non-hydrogen) atoms. The second-order valence-corrected chi connectivity index (χ2v) is 4.87. The summed E-state index contributed by atoms with van der Waals surface area (Å²) in [6.45, 7) is 4.94. The molecule has 0 aromatic rings. The highest BCUT2D eigenvalue weighted by molar-refractivity contribution is 4.86. The lowest BCUT2D eigenvalue weighted by atomic mass is 10.0. The second kappa shape index (κ2) is 4.60. The van der Waals surface area contributed by atoms with Gasteiger partial charge in [-0.1, -0.05) is 0 Å². The number of rotatable bonds is 2. The van der Waals surface area contributed by atoms with Crippen LogP contribution in [0.4, 0.5) is 0 Å². The molecule has 2 fully saturated rings. The van der Waals surface area contributed by atoms with Crippen LogP contribution in [0.5, 0.6) is 0 Å². The molecule has 2 rings (SSSR count). The summed E-state index contributed by atoms with van der Waals surface area (Å²) in [5, 5.41) is 3.45. The molecule has 2 saturated heterocycles. The lowest BCUT2D eigenvalue weighted by Crippen LogP contribution is -2.49. The molecule has 82 valence electrons. The Balaban J connectivity index is 1.86. The van der Waals surface area contributed by atoms with E-state index in [1.807, 2.05) is 0 Å². The molecule has 3 nitrogen and oxygen atoms in total. The van der Waals surface area contributed by atoms with Gasteiger partial charge in [0.2, 0.25) is 0 Å². The van der Waals surface area contributed by atoms with Crippen LogP contribution in [0.2, 0.25) is 0 Å². The Morgan fingerprint density at radius 3 is 2.79 bits per heavy atom. The topological polar surface area (TPSA) is 18.5 Å². The third-order valence-corrected chi connectivity index (χ3v) is 3.79. The molecule has 2 aliphatic heterocycles. The molecule has 2 unspecified atom stereocenters. The summed E-state index contributed by atoms with van der Waals surface area (Å²) in [5.74, 6) is 0. The minimum absolute atomic E-state index is 0.784. The van der Waals surface area contributed by atoms with Crippen LogP contribution in [0.25, 0.3) is 0 Å². The minimum Gasteiger partial charge on any atom is -0.315 e. The number of hydrogen-bond acceptors (Lipinski definition) is 3. The average Bonchev–Trinajstić information content (AvgIpc) is 2.69. The lowest BCUT2D eigenvalue weighted by Gasteiger charge is -2.38. The summed E-state index contributed by atoms with van der Waals surface area (Å²) in [7, 11) is 4.55. The van der Waals surface area contributed by atoms with Crippen molar-refractivity contribution in [3.8, 4) is 0 Å². The van der Waals surface area contributed by atoms with Crippen molar-refractivity contribution in [2.24, 2.45) is 0 Å². The first kappa shape index (κ1) is 10.4. The van der Waals surface area contributed by atoms with Crippen molar-refractivity contribution in [3.63, 3.8) is 0 Å². The van der Waals surface area contributed by atoms with Crippen LogP contribution >= 0.6 is 0 Å².